The number of aryl methyl sites for hydroxylation is 1. The third-order valence-electron chi connectivity index (χ3n) is 5.56. The monoisotopic (exact) mass is 332 g/mol. The van der Waals surface area contributed by atoms with E-state index in [2.05, 4.69) is 98.8 Å². The zero-order chi connectivity index (χ0) is 17.7. The quantitative estimate of drug-likeness (QED) is 0.280. The molecule has 0 spiro atoms. The Hall–Kier alpha value is -3.12. The fourth-order valence-corrected chi connectivity index (χ4v) is 4.05. The van der Waals surface area contributed by atoms with E-state index in [4.69, 9.17) is 0 Å². The van der Waals surface area contributed by atoms with Gasteiger partial charge < -0.3 is 0 Å². The first-order valence-corrected chi connectivity index (χ1v) is 9.12. The number of benzene rings is 5. The molecular weight excluding hydrogens is 312 g/mol. The molecule has 0 nitrogen and oxygen atoms in total. The number of fused-ring (bicyclic) bond motifs is 3. The normalized spacial score (nSPS) is 11.5. The summed E-state index contributed by atoms with van der Waals surface area (Å²) in [6.45, 7) is 4.46. The summed E-state index contributed by atoms with van der Waals surface area (Å²) in [6.07, 6.45) is 0. The molecule has 0 bridgehead atoms. The van der Waals surface area contributed by atoms with Gasteiger partial charge >= 0.3 is 0 Å². The van der Waals surface area contributed by atoms with Crippen molar-refractivity contribution in [2.24, 2.45) is 0 Å². The highest BCUT2D eigenvalue weighted by Crippen LogP contribution is 2.37. The van der Waals surface area contributed by atoms with Crippen LogP contribution in [0.4, 0.5) is 0 Å². The van der Waals surface area contributed by atoms with Crippen molar-refractivity contribution in [2.75, 3.05) is 0 Å². The summed E-state index contributed by atoms with van der Waals surface area (Å²) >= 11 is 0. The average molecular weight is 332 g/mol. The molecule has 0 aromatic heterocycles. The fourth-order valence-electron chi connectivity index (χ4n) is 4.05. The van der Waals surface area contributed by atoms with E-state index < -0.39 is 0 Å². The summed E-state index contributed by atoms with van der Waals surface area (Å²) in [5, 5.41) is 7.83. The molecule has 0 aliphatic rings. The molecule has 0 heterocycles. The van der Waals surface area contributed by atoms with E-state index in [0.29, 0.717) is 0 Å². The van der Waals surface area contributed by atoms with Gasteiger partial charge in [-0.25, -0.2) is 0 Å². The molecule has 5 rings (SSSR count). The first kappa shape index (κ1) is 15.2. The Bertz CT molecular complexity index is 1290. The summed E-state index contributed by atoms with van der Waals surface area (Å²) in [4.78, 5) is 0. The smallest absolute Gasteiger partial charge is 0.00730 e. The molecule has 0 fully saturated rings. The minimum Gasteiger partial charge on any atom is -0.0616 e. The van der Waals surface area contributed by atoms with Crippen LogP contribution < -0.4 is 0 Å². The summed E-state index contributed by atoms with van der Waals surface area (Å²) in [5.74, 6) is 0. The maximum Gasteiger partial charge on any atom is -0.00730 e. The summed E-state index contributed by atoms with van der Waals surface area (Å²) in [7, 11) is 0. The van der Waals surface area contributed by atoms with Gasteiger partial charge in [0.05, 0.1) is 0 Å². The van der Waals surface area contributed by atoms with Crippen LogP contribution in [0.1, 0.15) is 11.1 Å². The summed E-state index contributed by atoms with van der Waals surface area (Å²) in [6, 6.07) is 31.0. The van der Waals surface area contributed by atoms with Gasteiger partial charge in [-0.05, 0) is 86.6 Å². The van der Waals surface area contributed by atoms with Crippen LogP contribution in [0.15, 0.2) is 84.9 Å². The van der Waals surface area contributed by atoms with Crippen molar-refractivity contribution < 1.29 is 0 Å². The zero-order valence-electron chi connectivity index (χ0n) is 15.1. The Morgan fingerprint density at radius 1 is 0.500 bits per heavy atom. The van der Waals surface area contributed by atoms with Crippen molar-refractivity contribution in [2.45, 2.75) is 13.8 Å². The predicted molar refractivity (Wildman–Crippen MR) is 114 cm³/mol. The van der Waals surface area contributed by atoms with Gasteiger partial charge in [0.15, 0.2) is 0 Å². The molecule has 0 saturated carbocycles. The Morgan fingerprint density at radius 2 is 1.12 bits per heavy atom. The van der Waals surface area contributed by atoms with Gasteiger partial charge in [0, 0.05) is 0 Å². The molecule has 0 atom stereocenters. The molecular formula is C26H20. The molecule has 124 valence electrons. The number of hydrogen-bond acceptors (Lipinski definition) is 0. The molecule has 5 aromatic rings. The first-order valence-electron chi connectivity index (χ1n) is 9.12. The van der Waals surface area contributed by atoms with E-state index in [1.165, 1.54) is 54.6 Å². The minimum atomic E-state index is 1.29. The second kappa shape index (κ2) is 5.71. The van der Waals surface area contributed by atoms with Crippen LogP contribution in [-0.2, 0) is 0 Å². The lowest BCUT2D eigenvalue weighted by Gasteiger charge is -2.15. The van der Waals surface area contributed by atoms with Crippen molar-refractivity contribution in [3.8, 4) is 11.1 Å². The van der Waals surface area contributed by atoms with Crippen LogP contribution in [0.2, 0.25) is 0 Å². The highest BCUT2D eigenvalue weighted by Gasteiger charge is 2.12. The highest BCUT2D eigenvalue weighted by atomic mass is 14.2. The van der Waals surface area contributed by atoms with E-state index in [9.17, 15) is 0 Å². The van der Waals surface area contributed by atoms with Crippen molar-refractivity contribution in [3.05, 3.63) is 96.1 Å². The van der Waals surface area contributed by atoms with Crippen LogP contribution in [-0.4, -0.2) is 0 Å². The Kier molecular flexibility index (Phi) is 3.33. The van der Waals surface area contributed by atoms with Crippen molar-refractivity contribution in [1.29, 1.82) is 0 Å². The molecule has 0 saturated heterocycles. The summed E-state index contributed by atoms with van der Waals surface area (Å²) < 4.78 is 0. The van der Waals surface area contributed by atoms with Crippen molar-refractivity contribution in [3.63, 3.8) is 0 Å². The van der Waals surface area contributed by atoms with Gasteiger partial charge in [-0.2, -0.15) is 0 Å². The number of rotatable bonds is 1. The molecule has 0 N–H and O–H groups in total. The molecule has 0 heteroatoms. The van der Waals surface area contributed by atoms with Crippen molar-refractivity contribution in [1.82, 2.24) is 0 Å². The average Bonchev–Trinajstić information content (AvgIpc) is 2.67. The van der Waals surface area contributed by atoms with Crippen molar-refractivity contribution >= 4 is 32.3 Å². The van der Waals surface area contributed by atoms with Gasteiger partial charge in [0.2, 0.25) is 0 Å². The van der Waals surface area contributed by atoms with E-state index in [0.717, 1.165) is 0 Å². The molecule has 0 radical (unpaired) electrons. The lowest BCUT2D eigenvalue weighted by atomic mass is 9.89. The topological polar surface area (TPSA) is 0 Å². The second-order valence-corrected chi connectivity index (χ2v) is 7.18. The first-order chi connectivity index (χ1) is 12.7. The van der Waals surface area contributed by atoms with Crippen LogP contribution in [0.25, 0.3) is 43.4 Å². The number of hydrogen-bond donors (Lipinski definition) is 0. The Morgan fingerprint density at radius 3 is 1.85 bits per heavy atom. The fraction of sp³-hybridized carbons (Fsp3) is 0.0769. The van der Waals surface area contributed by atoms with Crippen LogP contribution >= 0.6 is 0 Å². The Labute approximate surface area is 153 Å². The molecule has 0 aliphatic heterocycles. The Balaban J connectivity index is 1.89. The second-order valence-electron chi connectivity index (χ2n) is 7.18. The largest absolute Gasteiger partial charge is 0.0616 e. The predicted octanol–water partition coefficient (Wildman–Crippen LogP) is 7.43. The third kappa shape index (κ3) is 2.30. The van der Waals surface area contributed by atoms with E-state index in [1.54, 1.807) is 0 Å². The zero-order valence-corrected chi connectivity index (χ0v) is 15.1. The van der Waals surface area contributed by atoms with E-state index >= 15 is 0 Å². The maximum absolute atomic E-state index is 2.35. The SMILES string of the molecule is Cc1cc2cc3ccccc3cc2c(-c2ccc3ccccc3c2)c1C. The third-order valence-corrected chi connectivity index (χ3v) is 5.56. The molecule has 5 aromatic carbocycles. The molecule has 0 aliphatic carbocycles. The van der Waals surface area contributed by atoms with E-state index in [-0.39, 0.29) is 0 Å². The maximum atomic E-state index is 2.35. The van der Waals surface area contributed by atoms with Gasteiger partial charge in [-0.15, -0.1) is 0 Å². The van der Waals surface area contributed by atoms with Gasteiger partial charge in [0.25, 0.3) is 0 Å². The van der Waals surface area contributed by atoms with Gasteiger partial charge in [0.1, 0.15) is 0 Å². The van der Waals surface area contributed by atoms with E-state index in [1.807, 2.05) is 0 Å². The lowest BCUT2D eigenvalue weighted by molar-refractivity contribution is 1.36. The molecule has 26 heavy (non-hydrogen) atoms. The lowest BCUT2D eigenvalue weighted by Crippen LogP contribution is -1.91. The van der Waals surface area contributed by atoms with Crippen LogP contribution in [0.3, 0.4) is 0 Å². The van der Waals surface area contributed by atoms with Crippen LogP contribution in [0.5, 0.6) is 0 Å². The van der Waals surface area contributed by atoms with Gasteiger partial charge in [-0.1, -0.05) is 66.7 Å². The standard InChI is InChI=1S/C26H20/c1-17-13-24-15-21-9-5-6-10-22(21)16-25(24)26(18(17)2)23-12-11-19-7-3-4-8-20(19)14-23/h3-16H,1-2H3. The van der Waals surface area contributed by atoms with Gasteiger partial charge in [-0.3, -0.25) is 0 Å². The highest BCUT2D eigenvalue weighted by molar-refractivity contribution is 6.07. The minimum absolute atomic E-state index is 1.29. The van der Waals surface area contributed by atoms with Crippen LogP contribution in [0, 0.1) is 13.8 Å². The summed E-state index contributed by atoms with van der Waals surface area (Å²) in [5.41, 5.74) is 5.36. The molecule has 0 unspecified atom stereocenters. The molecule has 0 amide bonds.